The Labute approximate surface area is 191 Å². The minimum atomic E-state index is -1.83. The van der Waals surface area contributed by atoms with E-state index in [-0.39, 0.29) is 39.5 Å². The molecular formula is C22H22O12. The molecule has 0 aliphatic carbocycles. The van der Waals surface area contributed by atoms with Crippen LogP contribution in [-0.2, 0) is 4.74 Å². The van der Waals surface area contributed by atoms with Crippen LogP contribution in [0.5, 0.6) is 28.7 Å². The van der Waals surface area contributed by atoms with Gasteiger partial charge in [0.1, 0.15) is 46.9 Å². The number of ether oxygens (including phenoxy) is 3. The number of rotatable bonds is 5. The number of phenols is 3. The van der Waals surface area contributed by atoms with Crippen LogP contribution in [0.3, 0.4) is 0 Å². The van der Waals surface area contributed by atoms with Crippen LogP contribution >= 0.6 is 0 Å². The number of hydrogen-bond acceptors (Lipinski definition) is 12. The summed E-state index contributed by atoms with van der Waals surface area (Å²) in [5, 5.41) is 69.4. The molecule has 0 bridgehead atoms. The summed E-state index contributed by atoms with van der Waals surface area (Å²) in [6.45, 7) is -0.723. The topological polar surface area (TPSA) is 200 Å². The monoisotopic (exact) mass is 478 g/mol. The SMILES string of the molecule is COc1cc(-c2oc3cc(O)cc(O)c3c(=O)c2O[C@H]2O[C@@H](CO)[C@H](O)[C@@H](O)[C@H]2O)ccc1O. The van der Waals surface area contributed by atoms with E-state index in [1.807, 2.05) is 0 Å². The predicted octanol–water partition coefficient (Wildman–Crippen LogP) is -0.236. The molecule has 7 N–H and O–H groups in total. The molecule has 0 amide bonds. The normalized spacial score (nSPS) is 24.8. The number of fused-ring (bicyclic) bond motifs is 1. The van der Waals surface area contributed by atoms with Crippen LogP contribution in [0.2, 0.25) is 0 Å². The highest BCUT2D eigenvalue weighted by Gasteiger charge is 2.45. The summed E-state index contributed by atoms with van der Waals surface area (Å²) in [6, 6.07) is 5.96. The fourth-order valence-corrected chi connectivity index (χ4v) is 3.67. The van der Waals surface area contributed by atoms with Crippen LogP contribution in [0, 0.1) is 0 Å². The van der Waals surface area contributed by atoms with Gasteiger partial charge >= 0.3 is 0 Å². The van der Waals surface area contributed by atoms with Gasteiger partial charge in [-0.15, -0.1) is 0 Å². The molecular weight excluding hydrogens is 456 g/mol. The summed E-state index contributed by atoms with van der Waals surface area (Å²) in [7, 11) is 1.30. The molecule has 1 aliphatic heterocycles. The van der Waals surface area contributed by atoms with E-state index in [0.717, 1.165) is 12.1 Å². The lowest BCUT2D eigenvalue weighted by Gasteiger charge is -2.39. The maximum atomic E-state index is 13.3. The third kappa shape index (κ3) is 3.97. The highest BCUT2D eigenvalue weighted by Crippen LogP contribution is 2.39. The fraction of sp³-hybridized carbons (Fsp3) is 0.318. The van der Waals surface area contributed by atoms with E-state index in [4.69, 9.17) is 18.6 Å². The Balaban J connectivity index is 1.92. The van der Waals surface area contributed by atoms with Crippen LogP contribution in [0.1, 0.15) is 0 Å². The molecule has 1 fully saturated rings. The van der Waals surface area contributed by atoms with Gasteiger partial charge in [-0.25, -0.2) is 0 Å². The van der Waals surface area contributed by atoms with Crippen LogP contribution in [0.25, 0.3) is 22.3 Å². The summed E-state index contributed by atoms with van der Waals surface area (Å²) < 4.78 is 21.8. The van der Waals surface area contributed by atoms with Gasteiger partial charge in [-0.3, -0.25) is 4.79 Å². The number of aromatic hydroxyl groups is 3. The van der Waals surface area contributed by atoms with E-state index in [9.17, 15) is 40.5 Å². The van der Waals surface area contributed by atoms with Crippen molar-refractivity contribution in [2.75, 3.05) is 13.7 Å². The summed E-state index contributed by atoms with van der Waals surface area (Å²) in [4.78, 5) is 13.3. The molecule has 1 aliphatic rings. The van der Waals surface area contributed by atoms with Gasteiger partial charge in [-0.2, -0.15) is 0 Å². The number of benzene rings is 2. The van der Waals surface area contributed by atoms with Crippen molar-refractivity contribution in [3.63, 3.8) is 0 Å². The Morgan fingerprint density at radius 3 is 2.38 bits per heavy atom. The van der Waals surface area contributed by atoms with Gasteiger partial charge in [-0.05, 0) is 18.2 Å². The fourth-order valence-electron chi connectivity index (χ4n) is 3.67. The zero-order chi connectivity index (χ0) is 24.7. The first-order valence-electron chi connectivity index (χ1n) is 10.0. The number of phenolic OH excluding ortho intramolecular Hbond substituents is 3. The molecule has 0 radical (unpaired) electrons. The Hall–Kier alpha value is -3.55. The second-order valence-electron chi connectivity index (χ2n) is 7.63. The zero-order valence-electron chi connectivity index (χ0n) is 17.7. The van der Waals surface area contributed by atoms with Gasteiger partial charge in [0.15, 0.2) is 17.3 Å². The predicted molar refractivity (Wildman–Crippen MR) is 114 cm³/mol. The minimum absolute atomic E-state index is 0.0257. The summed E-state index contributed by atoms with van der Waals surface area (Å²) >= 11 is 0. The molecule has 12 heteroatoms. The lowest BCUT2D eigenvalue weighted by Crippen LogP contribution is -2.60. The lowest BCUT2D eigenvalue weighted by atomic mass is 9.99. The maximum absolute atomic E-state index is 13.3. The van der Waals surface area contributed by atoms with Gasteiger partial charge in [0.05, 0.1) is 13.7 Å². The average Bonchev–Trinajstić information content (AvgIpc) is 2.80. The molecule has 2 aromatic carbocycles. The Morgan fingerprint density at radius 1 is 0.971 bits per heavy atom. The van der Waals surface area contributed by atoms with Gasteiger partial charge < -0.3 is 54.4 Å². The number of hydrogen-bond donors (Lipinski definition) is 7. The van der Waals surface area contributed by atoms with Crippen molar-refractivity contribution in [2.24, 2.45) is 0 Å². The third-order valence-electron chi connectivity index (χ3n) is 5.44. The lowest BCUT2D eigenvalue weighted by molar-refractivity contribution is -0.277. The molecule has 182 valence electrons. The molecule has 34 heavy (non-hydrogen) atoms. The molecule has 5 atom stereocenters. The van der Waals surface area contributed by atoms with Crippen molar-refractivity contribution in [1.82, 2.24) is 0 Å². The zero-order valence-corrected chi connectivity index (χ0v) is 17.7. The molecule has 1 saturated heterocycles. The maximum Gasteiger partial charge on any atom is 0.239 e. The molecule has 12 nitrogen and oxygen atoms in total. The van der Waals surface area contributed by atoms with E-state index in [0.29, 0.717) is 0 Å². The van der Waals surface area contributed by atoms with E-state index in [1.165, 1.54) is 25.3 Å². The summed E-state index contributed by atoms with van der Waals surface area (Å²) in [5.74, 6) is -2.00. The second kappa shape index (κ2) is 9.00. The molecule has 0 spiro atoms. The Bertz CT molecular complexity index is 1270. The second-order valence-corrected chi connectivity index (χ2v) is 7.63. The van der Waals surface area contributed by atoms with Crippen molar-refractivity contribution in [1.29, 1.82) is 0 Å². The summed E-state index contributed by atoms with van der Waals surface area (Å²) in [5.41, 5.74) is -0.959. The molecule has 3 aromatic rings. The van der Waals surface area contributed by atoms with E-state index in [1.54, 1.807) is 0 Å². The molecule has 2 heterocycles. The van der Waals surface area contributed by atoms with E-state index in [2.05, 4.69) is 0 Å². The van der Waals surface area contributed by atoms with Crippen molar-refractivity contribution in [3.8, 4) is 40.1 Å². The molecule has 0 saturated carbocycles. The molecule has 1 aromatic heterocycles. The smallest absolute Gasteiger partial charge is 0.239 e. The Morgan fingerprint density at radius 2 is 1.71 bits per heavy atom. The largest absolute Gasteiger partial charge is 0.508 e. The highest BCUT2D eigenvalue weighted by atomic mass is 16.7. The quantitative estimate of drug-likeness (QED) is 0.254. The highest BCUT2D eigenvalue weighted by molar-refractivity contribution is 5.88. The number of aliphatic hydroxyl groups excluding tert-OH is 4. The van der Waals surface area contributed by atoms with Gasteiger partial charge in [0.25, 0.3) is 0 Å². The van der Waals surface area contributed by atoms with Gasteiger partial charge in [-0.1, -0.05) is 0 Å². The third-order valence-corrected chi connectivity index (χ3v) is 5.44. The standard InChI is InChI=1S/C22H22O12/c1-31-12-4-8(2-3-10(12)25)20-21(17(28)15-11(26)5-9(24)6-13(15)32-20)34-22-19(30)18(29)16(27)14(7-23)33-22/h2-6,14,16,18-19,22-27,29-30H,7H2,1H3/t14-,16-,18+,19+,22+/m0/s1. The van der Waals surface area contributed by atoms with Crippen LogP contribution in [0.4, 0.5) is 0 Å². The van der Waals surface area contributed by atoms with Crippen molar-refractivity contribution in [3.05, 3.63) is 40.6 Å². The number of aliphatic hydroxyl groups is 4. The van der Waals surface area contributed by atoms with Crippen molar-refractivity contribution < 1.29 is 54.4 Å². The first kappa shape index (κ1) is 23.6. The van der Waals surface area contributed by atoms with Crippen LogP contribution in [-0.4, -0.2) is 80.2 Å². The average molecular weight is 478 g/mol. The van der Waals surface area contributed by atoms with E-state index >= 15 is 0 Å². The molecule has 4 rings (SSSR count). The van der Waals surface area contributed by atoms with Crippen molar-refractivity contribution in [2.45, 2.75) is 30.7 Å². The Kier molecular flexibility index (Phi) is 6.25. The minimum Gasteiger partial charge on any atom is -0.508 e. The number of methoxy groups -OCH3 is 1. The van der Waals surface area contributed by atoms with Gasteiger partial charge in [0.2, 0.25) is 17.5 Å². The first-order valence-corrected chi connectivity index (χ1v) is 10.0. The molecule has 0 unspecified atom stereocenters. The van der Waals surface area contributed by atoms with Crippen molar-refractivity contribution >= 4 is 11.0 Å². The van der Waals surface area contributed by atoms with Gasteiger partial charge in [0, 0.05) is 17.7 Å². The first-order chi connectivity index (χ1) is 16.2. The summed E-state index contributed by atoms with van der Waals surface area (Å²) in [6.07, 6.45) is -8.29. The van der Waals surface area contributed by atoms with Crippen LogP contribution in [0.15, 0.2) is 39.5 Å². The van der Waals surface area contributed by atoms with Crippen LogP contribution < -0.4 is 14.9 Å². The van der Waals surface area contributed by atoms with E-state index < -0.39 is 54.2 Å².